The molecule has 1 N–H and O–H groups in total. The number of benzene rings is 3. The van der Waals surface area contributed by atoms with Crippen molar-refractivity contribution in [1.82, 2.24) is 9.62 Å². The minimum atomic E-state index is -3.96. The Morgan fingerprint density at radius 2 is 1.60 bits per heavy atom. The lowest BCUT2D eigenvalue weighted by atomic mass is 10.1. The van der Waals surface area contributed by atoms with Crippen molar-refractivity contribution in [2.45, 2.75) is 31.3 Å². The Labute approximate surface area is 211 Å². The second kappa shape index (κ2) is 11.6. The van der Waals surface area contributed by atoms with Crippen LogP contribution in [-0.4, -0.2) is 39.4 Å². The first-order valence-corrected chi connectivity index (χ1v) is 12.8. The van der Waals surface area contributed by atoms with Crippen LogP contribution in [0.25, 0.3) is 0 Å². The number of nitrogens with one attached hydrogen (secondary N) is 1. The summed E-state index contributed by atoms with van der Waals surface area (Å²) < 4.78 is 38.6. The molecule has 9 heteroatoms. The molecular formula is C26H29ClN2O5S. The third-order valence-electron chi connectivity index (χ3n) is 5.54. The molecule has 1 atom stereocenters. The lowest BCUT2D eigenvalue weighted by Crippen LogP contribution is -2.41. The summed E-state index contributed by atoms with van der Waals surface area (Å²) in [5.41, 5.74) is 2.62. The first kappa shape index (κ1) is 26.5. The van der Waals surface area contributed by atoms with Crippen molar-refractivity contribution in [1.29, 1.82) is 0 Å². The number of carbonyl (C=O) groups excluding carboxylic acids is 1. The molecule has 35 heavy (non-hydrogen) atoms. The zero-order chi connectivity index (χ0) is 25.6. The van der Waals surface area contributed by atoms with Gasteiger partial charge in [-0.1, -0.05) is 47.5 Å². The first-order valence-electron chi connectivity index (χ1n) is 11.0. The molecule has 0 saturated carbocycles. The maximum atomic E-state index is 13.4. The van der Waals surface area contributed by atoms with E-state index < -0.39 is 15.9 Å². The van der Waals surface area contributed by atoms with Crippen LogP contribution in [0.2, 0.25) is 5.02 Å². The quantitative estimate of drug-likeness (QED) is 0.421. The Bertz CT molecular complexity index is 1260. The molecule has 7 nitrogen and oxygen atoms in total. The minimum Gasteiger partial charge on any atom is -0.493 e. The van der Waals surface area contributed by atoms with Crippen molar-refractivity contribution in [2.75, 3.05) is 20.8 Å². The van der Waals surface area contributed by atoms with Crippen LogP contribution in [-0.2, 0) is 21.4 Å². The molecule has 0 heterocycles. The summed E-state index contributed by atoms with van der Waals surface area (Å²) in [6, 6.07) is 18.4. The van der Waals surface area contributed by atoms with Crippen LogP contribution in [0, 0.1) is 6.92 Å². The fourth-order valence-corrected chi connectivity index (χ4v) is 5.04. The molecule has 0 aliphatic carbocycles. The molecule has 0 bridgehead atoms. The number of carbonyl (C=O) groups is 1. The highest BCUT2D eigenvalue weighted by atomic mass is 35.5. The van der Waals surface area contributed by atoms with E-state index in [1.165, 1.54) is 31.4 Å². The largest absolute Gasteiger partial charge is 0.493 e. The van der Waals surface area contributed by atoms with Crippen LogP contribution < -0.4 is 14.8 Å². The number of amides is 1. The van der Waals surface area contributed by atoms with E-state index in [2.05, 4.69) is 5.32 Å². The fraction of sp³-hybridized carbons (Fsp3) is 0.269. The number of ether oxygens (including phenoxy) is 2. The van der Waals surface area contributed by atoms with Gasteiger partial charge >= 0.3 is 0 Å². The maximum Gasteiger partial charge on any atom is 0.243 e. The smallest absolute Gasteiger partial charge is 0.243 e. The van der Waals surface area contributed by atoms with Gasteiger partial charge in [-0.05, 0) is 61.4 Å². The van der Waals surface area contributed by atoms with Gasteiger partial charge in [-0.15, -0.1) is 0 Å². The lowest BCUT2D eigenvalue weighted by Gasteiger charge is -2.23. The van der Waals surface area contributed by atoms with E-state index in [-0.39, 0.29) is 24.0 Å². The summed E-state index contributed by atoms with van der Waals surface area (Å²) in [6.45, 7) is 3.46. The summed E-state index contributed by atoms with van der Waals surface area (Å²) in [6.07, 6.45) is 0. The van der Waals surface area contributed by atoms with Gasteiger partial charge < -0.3 is 14.8 Å². The van der Waals surface area contributed by atoms with Gasteiger partial charge in [0.1, 0.15) is 0 Å². The molecule has 0 aromatic heterocycles. The van der Waals surface area contributed by atoms with Crippen LogP contribution in [0.3, 0.4) is 0 Å². The highest BCUT2D eigenvalue weighted by Crippen LogP contribution is 2.30. The molecule has 1 amide bonds. The number of methoxy groups -OCH3 is 2. The van der Waals surface area contributed by atoms with Gasteiger partial charge in [0, 0.05) is 11.6 Å². The maximum absolute atomic E-state index is 13.4. The van der Waals surface area contributed by atoms with Crippen LogP contribution >= 0.6 is 11.6 Å². The molecule has 0 unspecified atom stereocenters. The summed E-state index contributed by atoms with van der Waals surface area (Å²) in [7, 11) is -0.879. The van der Waals surface area contributed by atoms with Crippen molar-refractivity contribution in [3.8, 4) is 11.5 Å². The molecule has 3 rings (SSSR count). The molecule has 0 saturated heterocycles. The SMILES string of the molecule is COc1ccc([C@@H](C)NC(=O)CN(Cc2ccc(C)cc2)S(=O)(=O)c2ccc(Cl)cc2)cc1OC. The normalized spacial score (nSPS) is 12.3. The molecule has 3 aromatic rings. The third kappa shape index (κ3) is 6.75. The highest BCUT2D eigenvalue weighted by Gasteiger charge is 2.27. The van der Waals surface area contributed by atoms with Crippen molar-refractivity contribution < 1.29 is 22.7 Å². The average Bonchev–Trinajstić information content (AvgIpc) is 2.84. The minimum absolute atomic E-state index is 0.0450. The number of rotatable bonds is 10. The van der Waals surface area contributed by atoms with Gasteiger partial charge in [0.25, 0.3) is 0 Å². The Morgan fingerprint density at radius 3 is 2.20 bits per heavy atom. The molecular weight excluding hydrogens is 488 g/mol. The zero-order valence-corrected chi connectivity index (χ0v) is 21.7. The van der Waals surface area contributed by atoms with Crippen LogP contribution in [0.4, 0.5) is 0 Å². The van der Waals surface area contributed by atoms with Gasteiger partial charge in [-0.25, -0.2) is 8.42 Å². The lowest BCUT2D eigenvalue weighted by molar-refractivity contribution is -0.122. The Kier molecular flexibility index (Phi) is 8.77. The summed E-state index contributed by atoms with van der Waals surface area (Å²) in [5.74, 6) is 0.683. The van der Waals surface area contributed by atoms with Gasteiger partial charge in [0.05, 0.1) is 31.7 Å². The van der Waals surface area contributed by atoms with Gasteiger partial charge in [0.15, 0.2) is 11.5 Å². The van der Waals surface area contributed by atoms with Crippen LogP contribution in [0.15, 0.2) is 71.6 Å². The van der Waals surface area contributed by atoms with Crippen molar-refractivity contribution in [3.63, 3.8) is 0 Å². The van der Waals surface area contributed by atoms with E-state index >= 15 is 0 Å². The topological polar surface area (TPSA) is 84.9 Å². The summed E-state index contributed by atoms with van der Waals surface area (Å²) in [4.78, 5) is 13.1. The number of halogens is 1. The Morgan fingerprint density at radius 1 is 0.971 bits per heavy atom. The number of hydrogen-bond acceptors (Lipinski definition) is 5. The van der Waals surface area contributed by atoms with Gasteiger partial charge in [0.2, 0.25) is 15.9 Å². The molecule has 0 aliphatic rings. The van der Waals surface area contributed by atoms with E-state index in [4.69, 9.17) is 21.1 Å². The zero-order valence-electron chi connectivity index (χ0n) is 20.1. The second-order valence-corrected chi connectivity index (χ2v) is 10.5. The van der Waals surface area contributed by atoms with Crippen LogP contribution in [0.5, 0.6) is 11.5 Å². The van der Waals surface area contributed by atoms with Crippen molar-refractivity contribution in [2.24, 2.45) is 0 Å². The standard InChI is InChI=1S/C26H29ClN2O5S/c1-18-5-7-20(8-6-18)16-29(35(31,32)23-12-10-22(27)11-13-23)17-26(30)28-19(2)21-9-14-24(33-3)25(15-21)34-4/h5-15,19H,16-17H2,1-4H3,(H,28,30)/t19-/m1/s1. The molecule has 186 valence electrons. The molecule has 0 spiro atoms. The number of sulfonamides is 1. The van der Waals surface area contributed by atoms with E-state index in [1.54, 1.807) is 19.2 Å². The van der Waals surface area contributed by atoms with Gasteiger partial charge in [-0.3, -0.25) is 4.79 Å². The average molecular weight is 517 g/mol. The van der Waals surface area contributed by atoms with Crippen molar-refractivity contribution >= 4 is 27.5 Å². The first-order chi connectivity index (χ1) is 16.6. The van der Waals surface area contributed by atoms with E-state index in [0.717, 1.165) is 21.0 Å². The van der Waals surface area contributed by atoms with E-state index in [1.807, 2.05) is 44.2 Å². The fourth-order valence-electron chi connectivity index (χ4n) is 3.53. The predicted molar refractivity (Wildman–Crippen MR) is 136 cm³/mol. The third-order valence-corrected chi connectivity index (χ3v) is 7.59. The van der Waals surface area contributed by atoms with Crippen molar-refractivity contribution in [3.05, 3.63) is 88.4 Å². The summed E-state index contributed by atoms with van der Waals surface area (Å²) in [5, 5.41) is 3.31. The van der Waals surface area contributed by atoms with E-state index in [9.17, 15) is 13.2 Å². The molecule has 3 aromatic carbocycles. The monoisotopic (exact) mass is 516 g/mol. The Balaban J connectivity index is 1.83. The number of aryl methyl sites for hydroxylation is 1. The van der Waals surface area contributed by atoms with E-state index in [0.29, 0.717) is 16.5 Å². The second-order valence-electron chi connectivity index (χ2n) is 8.12. The predicted octanol–water partition coefficient (Wildman–Crippen LogP) is 4.73. The molecule has 0 radical (unpaired) electrons. The highest BCUT2D eigenvalue weighted by molar-refractivity contribution is 7.89. The number of hydrogen-bond donors (Lipinski definition) is 1. The molecule has 0 aliphatic heterocycles. The Hall–Kier alpha value is -3.07. The molecule has 0 fully saturated rings. The summed E-state index contributed by atoms with van der Waals surface area (Å²) >= 11 is 5.94. The van der Waals surface area contributed by atoms with Gasteiger partial charge in [-0.2, -0.15) is 4.31 Å². The van der Waals surface area contributed by atoms with Crippen LogP contribution in [0.1, 0.15) is 29.7 Å². The number of nitrogens with zero attached hydrogens (tertiary/aromatic N) is 1.